The van der Waals surface area contributed by atoms with Crippen LogP contribution in [-0.2, 0) is 15.9 Å². The zero-order valence-electron chi connectivity index (χ0n) is 11.1. The van der Waals surface area contributed by atoms with Crippen LogP contribution in [0.25, 0.3) is 0 Å². The predicted molar refractivity (Wildman–Crippen MR) is 69.7 cm³/mol. The molecule has 1 unspecified atom stereocenters. The van der Waals surface area contributed by atoms with Gasteiger partial charge in [0, 0.05) is 14.2 Å². The highest BCUT2D eigenvalue weighted by Crippen LogP contribution is 2.19. The summed E-state index contributed by atoms with van der Waals surface area (Å²) in [5.41, 5.74) is 8.47. The summed E-state index contributed by atoms with van der Waals surface area (Å²) in [7, 11) is 3.21. The molecule has 0 aliphatic carbocycles. The van der Waals surface area contributed by atoms with E-state index in [1.807, 2.05) is 12.1 Å². The molecule has 0 heterocycles. The van der Waals surface area contributed by atoms with E-state index in [0.29, 0.717) is 5.92 Å². The molecule has 0 bridgehead atoms. The van der Waals surface area contributed by atoms with Gasteiger partial charge in [-0.25, -0.2) is 0 Å². The highest BCUT2D eigenvalue weighted by Gasteiger charge is 2.18. The minimum Gasteiger partial charge on any atom is -0.354 e. The largest absolute Gasteiger partial charge is 0.354 e. The maximum Gasteiger partial charge on any atom is 0.175 e. The van der Waals surface area contributed by atoms with Crippen molar-refractivity contribution in [3.05, 3.63) is 35.4 Å². The van der Waals surface area contributed by atoms with Gasteiger partial charge in [0.1, 0.15) is 0 Å². The summed E-state index contributed by atoms with van der Waals surface area (Å²) in [6.45, 7) is 4.42. The molecule has 0 aromatic heterocycles. The zero-order valence-corrected chi connectivity index (χ0v) is 11.1. The minimum atomic E-state index is -0.399. The Labute approximate surface area is 104 Å². The highest BCUT2D eigenvalue weighted by molar-refractivity contribution is 5.26. The summed E-state index contributed by atoms with van der Waals surface area (Å²) in [5, 5.41) is 0. The topological polar surface area (TPSA) is 44.5 Å². The van der Waals surface area contributed by atoms with Crippen molar-refractivity contribution in [2.45, 2.75) is 32.6 Å². The third-order valence-electron chi connectivity index (χ3n) is 2.74. The van der Waals surface area contributed by atoms with Gasteiger partial charge in [0.15, 0.2) is 6.29 Å². The molecular weight excluding hydrogens is 214 g/mol. The molecule has 0 spiro atoms. The van der Waals surface area contributed by atoms with E-state index in [4.69, 9.17) is 15.2 Å². The van der Waals surface area contributed by atoms with Crippen LogP contribution in [0.4, 0.5) is 0 Å². The highest BCUT2D eigenvalue weighted by atomic mass is 16.7. The summed E-state index contributed by atoms with van der Waals surface area (Å²) in [5.74, 6) is 0.641. The van der Waals surface area contributed by atoms with Gasteiger partial charge in [-0.3, -0.25) is 0 Å². The number of hydrogen-bond acceptors (Lipinski definition) is 3. The van der Waals surface area contributed by atoms with Crippen LogP contribution in [0.15, 0.2) is 24.3 Å². The second-order valence-electron chi connectivity index (χ2n) is 4.71. The fraction of sp³-hybridized carbons (Fsp3) is 0.571. The number of hydrogen-bond donors (Lipinski definition) is 1. The van der Waals surface area contributed by atoms with Crippen molar-refractivity contribution >= 4 is 0 Å². The van der Waals surface area contributed by atoms with E-state index in [-0.39, 0.29) is 6.04 Å². The molecule has 1 rings (SSSR count). The minimum absolute atomic E-state index is 0.253. The maximum atomic E-state index is 6.11. The Morgan fingerprint density at radius 3 is 2.35 bits per heavy atom. The normalized spacial score (nSPS) is 13.4. The molecule has 1 aromatic rings. The van der Waals surface area contributed by atoms with Gasteiger partial charge < -0.3 is 15.2 Å². The maximum absolute atomic E-state index is 6.11. The Kier molecular flexibility index (Phi) is 5.62. The van der Waals surface area contributed by atoms with Crippen molar-refractivity contribution in [1.82, 2.24) is 0 Å². The Morgan fingerprint density at radius 1 is 1.18 bits per heavy atom. The van der Waals surface area contributed by atoms with E-state index in [9.17, 15) is 0 Å². The first-order valence-electron chi connectivity index (χ1n) is 5.98. The van der Waals surface area contributed by atoms with Gasteiger partial charge in [-0.1, -0.05) is 38.1 Å². The molecule has 0 radical (unpaired) electrons. The third kappa shape index (κ3) is 4.11. The first-order valence-corrected chi connectivity index (χ1v) is 5.98. The van der Waals surface area contributed by atoms with Crippen LogP contribution >= 0.6 is 0 Å². The van der Waals surface area contributed by atoms with Crippen molar-refractivity contribution in [2.24, 2.45) is 11.7 Å². The number of nitrogens with two attached hydrogens (primary N) is 1. The Hall–Kier alpha value is -0.900. The van der Waals surface area contributed by atoms with Crippen molar-refractivity contribution in [3.8, 4) is 0 Å². The lowest BCUT2D eigenvalue weighted by atomic mass is 9.98. The summed E-state index contributed by atoms with van der Waals surface area (Å²) < 4.78 is 10.4. The third-order valence-corrected chi connectivity index (χ3v) is 2.74. The molecule has 17 heavy (non-hydrogen) atoms. The van der Waals surface area contributed by atoms with Crippen LogP contribution in [0.1, 0.15) is 31.0 Å². The lowest BCUT2D eigenvalue weighted by molar-refractivity contribution is -0.117. The lowest BCUT2D eigenvalue weighted by Crippen LogP contribution is -2.29. The quantitative estimate of drug-likeness (QED) is 0.773. The zero-order chi connectivity index (χ0) is 12.8. The summed E-state index contributed by atoms with van der Waals surface area (Å²) in [6, 6.07) is 8.06. The second kappa shape index (κ2) is 6.74. The summed E-state index contributed by atoms with van der Waals surface area (Å²) in [6.07, 6.45) is 0.662. The van der Waals surface area contributed by atoms with Gasteiger partial charge in [0.25, 0.3) is 0 Å². The standard InChI is InChI=1S/C14H23NO2/c1-10(2)8-11-6-5-7-12(9-11)13(15)14(16-3)17-4/h5-7,9-10,13-14H,8,15H2,1-4H3. The van der Waals surface area contributed by atoms with E-state index < -0.39 is 6.29 Å². The Balaban J connectivity index is 2.83. The van der Waals surface area contributed by atoms with E-state index in [1.165, 1.54) is 5.56 Å². The van der Waals surface area contributed by atoms with Crippen molar-refractivity contribution < 1.29 is 9.47 Å². The SMILES string of the molecule is COC(OC)C(N)c1cccc(CC(C)C)c1. The van der Waals surface area contributed by atoms with Gasteiger partial charge in [-0.05, 0) is 23.5 Å². The fourth-order valence-corrected chi connectivity index (χ4v) is 1.95. The first kappa shape index (κ1) is 14.2. The molecule has 0 aliphatic rings. The molecular formula is C14H23NO2. The van der Waals surface area contributed by atoms with Gasteiger partial charge in [-0.2, -0.15) is 0 Å². The first-order chi connectivity index (χ1) is 8.08. The number of ether oxygens (including phenoxy) is 2. The van der Waals surface area contributed by atoms with Crippen LogP contribution < -0.4 is 5.73 Å². The number of rotatable bonds is 6. The van der Waals surface area contributed by atoms with Crippen LogP contribution in [0.2, 0.25) is 0 Å². The molecule has 96 valence electrons. The molecule has 1 atom stereocenters. The van der Waals surface area contributed by atoms with Crippen LogP contribution in [0.3, 0.4) is 0 Å². The van der Waals surface area contributed by atoms with Crippen LogP contribution in [0.5, 0.6) is 0 Å². The van der Waals surface area contributed by atoms with Crippen LogP contribution in [-0.4, -0.2) is 20.5 Å². The molecule has 0 saturated carbocycles. The van der Waals surface area contributed by atoms with Gasteiger partial charge in [0.05, 0.1) is 6.04 Å². The number of methoxy groups -OCH3 is 2. The monoisotopic (exact) mass is 237 g/mol. The molecule has 0 amide bonds. The lowest BCUT2D eigenvalue weighted by Gasteiger charge is -2.21. The molecule has 3 nitrogen and oxygen atoms in total. The van der Waals surface area contributed by atoms with Crippen LogP contribution in [0, 0.1) is 5.92 Å². The summed E-state index contributed by atoms with van der Waals surface area (Å²) in [4.78, 5) is 0. The van der Waals surface area contributed by atoms with Crippen molar-refractivity contribution in [1.29, 1.82) is 0 Å². The average Bonchev–Trinajstić information content (AvgIpc) is 2.30. The van der Waals surface area contributed by atoms with Gasteiger partial charge in [0.2, 0.25) is 0 Å². The van der Waals surface area contributed by atoms with E-state index in [1.54, 1.807) is 14.2 Å². The van der Waals surface area contributed by atoms with Gasteiger partial charge in [-0.15, -0.1) is 0 Å². The molecule has 1 aromatic carbocycles. The van der Waals surface area contributed by atoms with Crippen molar-refractivity contribution in [2.75, 3.05) is 14.2 Å². The van der Waals surface area contributed by atoms with E-state index in [2.05, 4.69) is 26.0 Å². The second-order valence-corrected chi connectivity index (χ2v) is 4.71. The van der Waals surface area contributed by atoms with Crippen molar-refractivity contribution in [3.63, 3.8) is 0 Å². The average molecular weight is 237 g/mol. The van der Waals surface area contributed by atoms with E-state index in [0.717, 1.165) is 12.0 Å². The smallest absolute Gasteiger partial charge is 0.175 e. The molecule has 2 N–H and O–H groups in total. The van der Waals surface area contributed by atoms with Gasteiger partial charge >= 0.3 is 0 Å². The fourth-order valence-electron chi connectivity index (χ4n) is 1.95. The molecule has 0 saturated heterocycles. The Morgan fingerprint density at radius 2 is 1.82 bits per heavy atom. The molecule has 3 heteroatoms. The molecule has 0 fully saturated rings. The predicted octanol–water partition coefficient (Wildman–Crippen LogP) is 2.50. The Bertz CT molecular complexity index is 335. The van der Waals surface area contributed by atoms with E-state index >= 15 is 0 Å². The molecule has 0 aliphatic heterocycles. The summed E-state index contributed by atoms with van der Waals surface area (Å²) >= 11 is 0. The number of benzene rings is 1.